The SMILES string of the molecule is O=C(CN1CN(c2ccccc2)C2(CCN(C(=O)c3ccc4cn[nH]c4c3)CC2)C1=O)Nc1ccccc1. The quantitative estimate of drug-likeness (QED) is 0.430. The fourth-order valence-electron chi connectivity index (χ4n) is 5.55. The molecule has 1 aromatic heterocycles. The molecule has 0 aliphatic carbocycles. The van der Waals surface area contributed by atoms with Crippen molar-refractivity contribution in [2.45, 2.75) is 18.4 Å². The van der Waals surface area contributed by atoms with Gasteiger partial charge in [-0.05, 0) is 49.2 Å². The van der Waals surface area contributed by atoms with E-state index in [1.165, 1.54) is 0 Å². The van der Waals surface area contributed by atoms with E-state index < -0.39 is 5.54 Å². The van der Waals surface area contributed by atoms with E-state index in [0.29, 0.717) is 43.9 Å². The van der Waals surface area contributed by atoms with Gasteiger partial charge in [0.2, 0.25) is 5.91 Å². The number of aromatic amines is 1. The topological polar surface area (TPSA) is 102 Å². The van der Waals surface area contributed by atoms with Crippen molar-refractivity contribution < 1.29 is 14.4 Å². The fourth-order valence-corrected chi connectivity index (χ4v) is 5.55. The largest absolute Gasteiger partial charge is 0.339 e. The highest BCUT2D eigenvalue weighted by molar-refractivity contribution is 6.00. The highest BCUT2D eigenvalue weighted by Crippen LogP contribution is 2.39. The van der Waals surface area contributed by atoms with Gasteiger partial charge in [-0.15, -0.1) is 0 Å². The predicted molar refractivity (Wildman–Crippen MR) is 145 cm³/mol. The zero-order valence-corrected chi connectivity index (χ0v) is 20.8. The van der Waals surface area contributed by atoms with Crippen molar-refractivity contribution in [2.24, 2.45) is 0 Å². The molecule has 2 aliphatic heterocycles. The third-order valence-electron chi connectivity index (χ3n) is 7.54. The number of aromatic nitrogens is 2. The first kappa shape index (κ1) is 23.7. The Morgan fingerprint density at radius 2 is 1.66 bits per heavy atom. The van der Waals surface area contributed by atoms with Crippen LogP contribution in [0.15, 0.2) is 85.1 Å². The molecule has 0 saturated carbocycles. The molecular formula is C29H28N6O3. The number of amides is 3. The molecule has 3 heterocycles. The summed E-state index contributed by atoms with van der Waals surface area (Å²) in [4.78, 5) is 45.6. The van der Waals surface area contributed by atoms with E-state index in [1.807, 2.05) is 83.8 Å². The molecule has 2 saturated heterocycles. The molecule has 0 atom stereocenters. The van der Waals surface area contributed by atoms with E-state index in [0.717, 1.165) is 16.6 Å². The number of anilines is 2. The first-order chi connectivity index (χ1) is 18.5. The molecule has 3 amide bonds. The van der Waals surface area contributed by atoms with E-state index in [1.54, 1.807) is 11.1 Å². The van der Waals surface area contributed by atoms with Crippen LogP contribution in [0.2, 0.25) is 0 Å². The number of nitrogens with zero attached hydrogens (tertiary/aromatic N) is 4. The average molecular weight is 509 g/mol. The molecule has 9 nitrogen and oxygen atoms in total. The molecule has 6 rings (SSSR count). The molecular weight excluding hydrogens is 480 g/mol. The minimum Gasteiger partial charge on any atom is -0.339 e. The Hall–Kier alpha value is -4.66. The van der Waals surface area contributed by atoms with Crippen LogP contribution < -0.4 is 10.2 Å². The third kappa shape index (κ3) is 4.26. The van der Waals surface area contributed by atoms with Crippen LogP contribution in [0, 0.1) is 0 Å². The van der Waals surface area contributed by atoms with Crippen LogP contribution in [0.4, 0.5) is 11.4 Å². The number of H-pyrrole nitrogens is 1. The number of carbonyl (C=O) groups excluding carboxylic acids is 3. The Kier molecular flexibility index (Phi) is 6.03. The first-order valence-electron chi connectivity index (χ1n) is 12.7. The highest BCUT2D eigenvalue weighted by atomic mass is 16.2. The number of likely N-dealkylation sites (tertiary alicyclic amines) is 1. The van der Waals surface area contributed by atoms with Gasteiger partial charge in [-0.3, -0.25) is 19.5 Å². The lowest BCUT2D eigenvalue weighted by molar-refractivity contribution is -0.136. The number of hydrogen-bond donors (Lipinski definition) is 2. The minimum absolute atomic E-state index is 0.0361. The van der Waals surface area contributed by atoms with Crippen LogP contribution in [0.1, 0.15) is 23.2 Å². The number of carbonyl (C=O) groups is 3. The molecule has 2 fully saturated rings. The normalized spacial score (nSPS) is 16.8. The second-order valence-corrected chi connectivity index (χ2v) is 9.82. The molecule has 4 aromatic rings. The Morgan fingerprint density at radius 3 is 2.39 bits per heavy atom. The molecule has 38 heavy (non-hydrogen) atoms. The number of fused-ring (bicyclic) bond motifs is 1. The highest BCUT2D eigenvalue weighted by Gasteiger charge is 2.54. The van der Waals surface area contributed by atoms with Crippen molar-refractivity contribution in [3.8, 4) is 0 Å². The van der Waals surface area contributed by atoms with E-state index in [2.05, 4.69) is 20.4 Å². The van der Waals surface area contributed by atoms with Crippen molar-refractivity contribution in [2.75, 3.05) is 36.5 Å². The average Bonchev–Trinajstić information content (AvgIpc) is 3.53. The zero-order valence-electron chi connectivity index (χ0n) is 20.8. The summed E-state index contributed by atoms with van der Waals surface area (Å²) in [5, 5.41) is 10.8. The summed E-state index contributed by atoms with van der Waals surface area (Å²) >= 11 is 0. The van der Waals surface area contributed by atoms with Crippen LogP contribution in [-0.4, -0.2) is 69.6 Å². The van der Waals surface area contributed by atoms with Crippen molar-refractivity contribution in [3.05, 3.63) is 90.6 Å². The smallest absolute Gasteiger partial charge is 0.253 e. The van der Waals surface area contributed by atoms with E-state index in [9.17, 15) is 14.4 Å². The number of para-hydroxylation sites is 2. The summed E-state index contributed by atoms with van der Waals surface area (Å²) < 4.78 is 0. The summed E-state index contributed by atoms with van der Waals surface area (Å²) in [5.74, 6) is -0.376. The van der Waals surface area contributed by atoms with Gasteiger partial charge in [0.25, 0.3) is 11.8 Å². The van der Waals surface area contributed by atoms with Gasteiger partial charge >= 0.3 is 0 Å². The molecule has 0 bridgehead atoms. The van der Waals surface area contributed by atoms with E-state index in [-0.39, 0.29) is 24.3 Å². The molecule has 1 spiro atoms. The maximum Gasteiger partial charge on any atom is 0.253 e. The van der Waals surface area contributed by atoms with Gasteiger partial charge in [-0.2, -0.15) is 5.10 Å². The molecule has 9 heteroatoms. The summed E-state index contributed by atoms with van der Waals surface area (Å²) in [6, 6.07) is 24.5. The Bertz CT molecular complexity index is 1480. The van der Waals surface area contributed by atoms with Gasteiger partial charge in [0.1, 0.15) is 12.1 Å². The summed E-state index contributed by atoms with van der Waals surface area (Å²) in [5.41, 5.74) is 2.22. The Morgan fingerprint density at radius 1 is 0.947 bits per heavy atom. The lowest BCUT2D eigenvalue weighted by Crippen LogP contribution is -2.57. The molecule has 0 radical (unpaired) electrons. The number of benzene rings is 3. The second-order valence-electron chi connectivity index (χ2n) is 9.82. The van der Waals surface area contributed by atoms with Crippen LogP contribution >= 0.6 is 0 Å². The lowest BCUT2D eigenvalue weighted by atomic mass is 9.85. The number of nitrogens with one attached hydrogen (secondary N) is 2. The molecule has 2 aliphatic rings. The molecule has 192 valence electrons. The van der Waals surface area contributed by atoms with Gasteiger partial charge < -0.3 is 20.0 Å². The van der Waals surface area contributed by atoms with Gasteiger partial charge in [0, 0.05) is 35.4 Å². The Balaban J connectivity index is 1.21. The number of rotatable bonds is 5. The van der Waals surface area contributed by atoms with Crippen LogP contribution in [0.5, 0.6) is 0 Å². The van der Waals surface area contributed by atoms with Crippen molar-refractivity contribution in [1.82, 2.24) is 20.0 Å². The van der Waals surface area contributed by atoms with E-state index >= 15 is 0 Å². The van der Waals surface area contributed by atoms with Crippen molar-refractivity contribution in [3.63, 3.8) is 0 Å². The monoisotopic (exact) mass is 508 g/mol. The van der Waals surface area contributed by atoms with Gasteiger partial charge in [0.05, 0.1) is 18.4 Å². The van der Waals surface area contributed by atoms with Crippen LogP contribution in [-0.2, 0) is 9.59 Å². The number of hydrogen-bond acceptors (Lipinski definition) is 5. The van der Waals surface area contributed by atoms with Crippen LogP contribution in [0.3, 0.4) is 0 Å². The minimum atomic E-state index is -0.807. The summed E-state index contributed by atoms with van der Waals surface area (Å²) in [6.45, 7) is 1.17. The summed E-state index contributed by atoms with van der Waals surface area (Å²) in [6.07, 6.45) is 2.69. The van der Waals surface area contributed by atoms with Crippen molar-refractivity contribution >= 4 is 40.0 Å². The van der Waals surface area contributed by atoms with E-state index in [4.69, 9.17) is 0 Å². The van der Waals surface area contributed by atoms with Gasteiger partial charge in [0.15, 0.2) is 0 Å². The predicted octanol–water partition coefficient (Wildman–Crippen LogP) is 3.48. The molecule has 3 aromatic carbocycles. The third-order valence-corrected chi connectivity index (χ3v) is 7.54. The van der Waals surface area contributed by atoms with Crippen molar-refractivity contribution in [1.29, 1.82) is 0 Å². The Labute approximate surface area is 220 Å². The maximum absolute atomic E-state index is 13.9. The molecule has 0 unspecified atom stereocenters. The summed E-state index contributed by atoms with van der Waals surface area (Å²) in [7, 11) is 0. The second kappa shape index (κ2) is 9.66. The standard InChI is InChI=1S/C29H28N6O3/c36-26(31-23-7-3-1-4-8-23)19-34-20-35(24-9-5-2-6-10-24)29(28(34)38)13-15-33(16-14-29)27(37)21-11-12-22-18-30-32-25(22)17-21/h1-12,17-18H,13-16,19-20H2,(H,30,32)(H,31,36). The zero-order chi connectivity index (χ0) is 26.1. The lowest BCUT2D eigenvalue weighted by Gasteiger charge is -2.43. The van der Waals surface area contributed by atoms with Gasteiger partial charge in [-0.25, -0.2) is 0 Å². The van der Waals surface area contributed by atoms with Gasteiger partial charge in [-0.1, -0.05) is 42.5 Å². The fraction of sp³-hybridized carbons (Fsp3) is 0.241. The molecule has 2 N–H and O–H groups in total. The first-order valence-corrected chi connectivity index (χ1v) is 12.7. The number of piperidine rings is 1. The maximum atomic E-state index is 13.9. The van der Waals surface area contributed by atoms with Crippen LogP contribution in [0.25, 0.3) is 10.9 Å².